The fraction of sp³-hybridized carbons (Fsp3) is 0.0625. The van der Waals surface area contributed by atoms with Crippen LogP contribution in [0.15, 0.2) is 48.5 Å². The Kier molecular flexibility index (Phi) is 2.12. The molecule has 2 nitrogen and oxygen atoms in total. The lowest BCUT2D eigenvalue weighted by molar-refractivity contribution is -0.616. The molecule has 0 aliphatic rings. The molecule has 2 heterocycles. The zero-order valence-electron chi connectivity index (χ0n) is 10.4. The molecule has 0 amide bonds. The molecule has 0 spiro atoms. The average molecular weight is 268 g/mol. The van der Waals surface area contributed by atoms with Crippen molar-refractivity contribution in [2.75, 3.05) is 0 Å². The maximum Gasteiger partial charge on any atom is 0.240 e. The Morgan fingerprint density at radius 1 is 1.00 bits per heavy atom. The van der Waals surface area contributed by atoms with Crippen LogP contribution in [0.5, 0.6) is 0 Å². The van der Waals surface area contributed by atoms with Crippen LogP contribution in [0.25, 0.3) is 32.8 Å². The molecular formula is C16H12ClN2+. The number of pyridine rings is 1. The highest BCUT2D eigenvalue weighted by molar-refractivity contribution is 6.37. The van der Waals surface area contributed by atoms with Gasteiger partial charge in [0.05, 0.1) is 15.9 Å². The summed E-state index contributed by atoms with van der Waals surface area (Å²) in [5.41, 5.74) is 4.55. The van der Waals surface area contributed by atoms with Gasteiger partial charge in [0.1, 0.15) is 12.6 Å². The molecule has 0 saturated heterocycles. The molecule has 2 aromatic heterocycles. The first-order chi connectivity index (χ1) is 9.25. The number of H-pyrrole nitrogens is 1. The lowest BCUT2D eigenvalue weighted by atomic mass is 10.1. The van der Waals surface area contributed by atoms with Crippen LogP contribution in [-0.4, -0.2) is 4.98 Å². The number of aromatic nitrogens is 2. The maximum atomic E-state index is 6.37. The monoisotopic (exact) mass is 267 g/mol. The first kappa shape index (κ1) is 10.8. The van der Waals surface area contributed by atoms with Gasteiger partial charge in [-0.3, -0.25) is 0 Å². The zero-order chi connectivity index (χ0) is 13.0. The fourth-order valence-electron chi connectivity index (χ4n) is 2.85. The van der Waals surface area contributed by atoms with Crippen LogP contribution in [-0.2, 0) is 7.05 Å². The van der Waals surface area contributed by atoms with E-state index in [4.69, 9.17) is 11.6 Å². The van der Waals surface area contributed by atoms with Crippen molar-refractivity contribution in [2.24, 2.45) is 7.05 Å². The van der Waals surface area contributed by atoms with Gasteiger partial charge in [-0.15, -0.1) is 0 Å². The molecule has 4 rings (SSSR count). The number of benzene rings is 2. The smallest absolute Gasteiger partial charge is 0.240 e. The lowest BCUT2D eigenvalue weighted by Crippen LogP contribution is -2.29. The molecule has 0 atom stereocenters. The molecule has 0 aliphatic heterocycles. The quantitative estimate of drug-likeness (QED) is 0.466. The second-order valence-corrected chi connectivity index (χ2v) is 5.22. The Balaban J connectivity index is 2.35. The van der Waals surface area contributed by atoms with Gasteiger partial charge in [-0.1, -0.05) is 29.8 Å². The summed E-state index contributed by atoms with van der Waals surface area (Å²) < 4.78 is 2.20. The molecule has 2 aromatic carbocycles. The first-order valence-electron chi connectivity index (χ1n) is 6.23. The molecule has 4 aromatic rings. The molecule has 19 heavy (non-hydrogen) atoms. The van der Waals surface area contributed by atoms with E-state index >= 15 is 0 Å². The van der Waals surface area contributed by atoms with Crippen molar-refractivity contribution in [3.63, 3.8) is 0 Å². The summed E-state index contributed by atoms with van der Waals surface area (Å²) in [7, 11) is 2.08. The van der Waals surface area contributed by atoms with E-state index in [0.29, 0.717) is 0 Å². The van der Waals surface area contributed by atoms with Crippen LogP contribution in [0, 0.1) is 0 Å². The number of aryl methyl sites for hydroxylation is 1. The second kappa shape index (κ2) is 3.72. The summed E-state index contributed by atoms with van der Waals surface area (Å²) in [6, 6.07) is 16.5. The van der Waals surface area contributed by atoms with Crippen molar-refractivity contribution < 1.29 is 4.57 Å². The first-order valence-corrected chi connectivity index (χ1v) is 6.61. The maximum absolute atomic E-state index is 6.37. The normalized spacial score (nSPS) is 11.7. The molecule has 92 valence electrons. The van der Waals surface area contributed by atoms with Crippen LogP contribution < -0.4 is 4.57 Å². The third kappa shape index (κ3) is 1.41. The van der Waals surface area contributed by atoms with Gasteiger partial charge in [0.2, 0.25) is 11.0 Å². The number of rotatable bonds is 0. The van der Waals surface area contributed by atoms with Crippen molar-refractivity contribution in [2.45, 2.75) is 0 Å². The predicted octanol–water partition coefficient (Wildman–Crippen LogP) is 3.95. The summed E-state index contributed by atoms with van der Waals surface area (Å²) in [4.78, 5) is 3.45. The summed E-state index contributed by atoms with van der Waals surface area (Å²) >= 11 is 6.37. The van der Waals surface area contributed by atoms with E-state index in [-0.39, 0.29) is 0 Å². The van der Waals surface area contributed by atoms with Crippen molar-refractivity contribution in [3.05, 3.63) is 53.6 Å². The molecule has 0 saturated carbocycles. The molecule has 0 bridgehead atoms. The standard InChI is InChI=1S/C16H11ClN2/c1-19-14-8-3-2-5-10(14)9-13-16(19)15-11(17)6-4-7-12(15)18-13/h2-9H,1H3/p+1. The van der Waals surface area contributed by atoms with Crippen molar-refractivity contribution in [1.29, 1.82) is 0 Å². The number of aromatic amines is 1. The van der Waals surface area contributed by atoms with E-state index in [1.165, 1.54) is 10.9 Å². The van der Waals surface area contributed by atoms with E-state index in [9.17, 15) is 0 Å². The molecule has 0 radical (unpaired) electrons. The average Bonchev–Trinajstić information content (AvgIpc) is 2.79. The van der Waals surface area contributed by atoms with E-state index in [1.807, 2.05) is 12.1 Å². The van der Waals surface area contributed by atoms with Crippen molar-refractivity contribution >= 4 is 44.4 Å². The number of nitrogens with zero attached hydrogens (tertiary/aromatic N) is 1. The summed E-state index contributed by atoms with van der Waals surface area (Å²) in [6.45, 7) is 0. The van der Waals surface area contributed by atoms with E-state index < -0.39 is 0 Å². The van der Waals surface area contributed by atoms with Gasteiger partial charge in [0.25, 0.3) is 0 Å². The van der Waals surface area contributed by atoms with Crippen LogP contribution >= 0.6 is 11.6 Å². The van der Waals surface area contributed by atoms with Crippen LogP contribution in [0.1, 0.15) is 0 Å². The number of para-hydroxylation sites is 1. The van der Waals surface area contributed by atoms with Crippen LogP contribution in [0.4, 0.5) is 0 Å². The third-order valence-electron chi connectivity index (χ3n) is 3.71. The van der Waals surface area contributed by atoms with E-state index in [0.717, 1.165) is 27.0 Å². The highest BCUT2D eigenvalue weighted by Gasteiger charge is 2.18. The number of hydrogen-bond acceptors (Lipinski definition) is 0. The highest BCUT2D eigenvalue weighted by atomic mass is 35.5. The van der Waals surface area contributed by atoms with Gasteiger partial charge in [-0.2, -0.15) is 4.57 Å². The highest BCUT2D eigenvalue weighted by Crippen LogP contribution is 2.30. The Bertz CT molecular complexity index is 938. The minimum Gasteiger partial charge on any atom is -0.349 e. The Morgan fingerprint density at radius 2 is 1.84 bits per heavy atom. The minimum absolute atomic E-state index is 0.787. The Labute approximate surface area is 115 Å². The predicted molar refractivity (Wildman–Crippen MR) is 79.5 cm³/mol. The number of nitrogens with one attached hydrogen (secondary N) is 1. The Morgan fingerprint density at radius 3 is 2.74 bits per heavy atom. The van der Waals surface area contributed by atoms with Gasteiger partial charge >= 0.3 is 0 Å². The largest absolute Gasteiger partial charge is 0.349 e. The van der Waals surface area contributed by atoms with Gasteiger partial charge in [-0.25, -0.2) is 0 Å². The third-order valence-corrected chi connectivity index (χ3v) is 4.02. The van der Waals surface area contributed by atoms with Gasteiger partial charge in [0.15, 0.2) is 0 Å². The van der Waals surface area contributed by atoms with Crippen LogP contribution in [0.2, 0.25) is 5.02 Å². The fourth-order valence-corrected chi connectivity index (χ4v) is 3.12. The molecule has 0 aliphatic carbocycles. The number of fused-ring (bicyclic) bond motifs is 4. The SMILES string of the molecule is C[n+]1c2ccccc2cc2[nH]c3cccc(Cl)c3c21. The molecular weight excluding hydrogens is 256 g/mol. The minimum atomic E-state index is 0.787. The van der Waals surface area contributed by atoms with Gasteiger partial charge < -0.3 is 4.98 Å². The summed E-state index contributed by atoms with van der Waals surface area (Å²) in [6.07, 6.45) is 0. The molecule has 0 fully saturated rings. The summed E-state index contributed by atoms with van der Waals surface area (Å²) in [5, 5.41) is 3.10. The van der Waals surface area contributed by atoms with Gasteiger partial charge in [-0.05, 0) is 24.3 Å². The van der Waals surface area contributed by atoms with Crippen molar-refractivity contribution in [3.8, 4) is 0 Å². The summed E-state index contributed by atoms with van der Waals surface area (Å²) in [5.74, 6) is 0. The molecule has 0 unspecified atom stereocenters. The topological polar surface area (TPSA) is 19.7 Å². The zero-order valence-corrected chi connectivity index (χ0v) is 11.2. The van der Waals surface area contributed by atoms with Gasteiger partial charge in [0, 0.05) is 11.5 Å². The molecule has 3 heteroatoms. The lowest BCUT2D eigenvalue weighted by Gasteiger charge is -1.98. The molecule has 1 N–H and O–H groups in total. The Hall–Kier alpha value is -2.06. The van der Waals surface area contributed by atoms with Crippen molar-refractivity contribution in [1.82, 2.24) is 4.98 Å². The second-order valence-electron chi connectivity index (χ2n) is 4.81. The van der Waals surface area contributed by atoms with E-state index in [1.54, 1.807) is 0 Å². The number of halogens is 1. The van der Waals surface area contributed by atoms with Crippen LogP contribution in [0.3, 0.4) is 0 Å². The number of hydrogen-bond donors (Lipinski definition) is 1. The van der Waals surface area contributed by atoms with E-state index in [2.05, 4.69) is 53.0 Å².